The molecule has 0 saturated carbocycles. The third kappa shape index (κ3) is 4.40. The molecule has 1 atom stereocenters. The smallest absolute Gasteiger partial charge is 0.261 e. The Balaban J connectivity index is 1.59. The molecule has 2 heterocycles. The van der Waals surface area contributed by atoms with E-state index in [0.29, 0.717) is 24.4 Å². The molecule has 33 heavy (non-hydrogen) atoms. The number of nitrogens with zero attached hydrogens (tertiary/aromatic N) is 3. The number of amides is 3. The molecule has 0 unspecified atom stereocenters. The van der Waals surface area contributed by atoms with Crippen LogP contribution in [0.4, 0.5) is 4.39 Å². The topological polar surface area (TPSA) is 93.5 Å². The zero-order valence-electron chi connectivity index (χ0n) is 18.2. The largest absolute Gasteiger partial charge is 0.385 e. The van der Waals surface area contributed by atoms with Crippen LogP contribution in [0.3, 0.4) is 0 Å². The van der Waals surface area contributed by atoms with Gasteiger partial charge in [0.1, 0.15) is 17.7 Å². The summed E-state index contributed by atoms with van der Waals surface area (Å²) < 4.78 is 20.2. The van der Waals surface area contributed by atoms with Gasteiger partial charge in [0.25, 0.3) is 17.7 Å². The summed E-state index contributed by atoms with van der Waals surface area (Å²) in [5.41, 5.74) is 1.35. The minimum absolute atomic E-state index is 0.195. The number of imide groups is 1. The van der Waals surface area contributed by atoms with Crippen LogP contribution in [0.5, 0.6) is 0 Å². The number of imidazole rings is 1. The van der Waals surface area contributed by atoms with Gasteiger partial charge in [0, 0.05) is 45.3 Å². The van der Waals surface area contributed by atoms with Crippen molar-refractivity contribution in [2.45, 2.75) is 12.5 Å². The van der Waals surface area contributed by atoms with Gasteiger partial charge in [0.2, 0.25) is 0 Å². The Labute approximate surface area is 190 Å². The minimum atomic E-state index is -0.644. The molecule has 1 aromatic heterocycles. The van der Waals surface area contributed by atoms with Crippen molar-refractivity contribution >= 4 is 17.7 Å². The van der Waals surface area contributed by atoms with Crippen molar-refractivity contribution in [3.63, 3.8) is 0 Å². The number of aromatic nitrogens is 2. The number of carbonyl (C=O) groups excluding carboxylic acids is 3. The standard InChI is InChI=1S/C24H23FN4O4/c1-28-12-10-26-21(28)20(15-4-7-17(25)8-5-15)27-22(30)16-6-9-18-19(14-16)24(32)29(23(18)31)11-3-13-33-2/h4-10,12,14,20H,3,11,13H2,1-2H3,(H,27,30)/t20-/m1/s1. The zero-order chi connectivity index (χ0) is 23.5. The average molecular weight is 450 g/mol. The fourth-order valence-corrected chi connectivity index (χ4v) is 3.82. The molecule has 0 radical (unpaired) electrons. The van der Waals surface area contributed by atoms with Crippen LogP contribution in [0.15, 0.2) is 54.9 Å². The van der Waals surface area contributed by atoms with Gasteiger partial charge in [-0.1, -0.05) is 12.1 Å². The number of nitrogens with one attached hydrogen (secondary N) is 1. The van der Waals surface area contributed by atoms with E-state index in [4.69, 9.17) is 4.74 Å². The molecule has 0 saturated heterocycles. The molecular weight excluding hydrogens is 427 g/mol. The van der Waals surface area contributed by atoms with Crippen LogP contribution in [0.1, 0.15) is 54.9 Å². The molecule has 1 aliphatic rings. The highest BCUT2D eigenvalue weighted by Crippen LogP contribution is 2.26. The highest BCUT2D eigenvalue weighted by molar-refractivity contribution is 6.22. The summed E-state index contributed by atoms with van der Waals surface area (Å²) >= 11 is 0. The number of carbonyl (C=O) groups is 3. The maximum atomic E-state index is 13.4. The molecule has 0 spiro atoms. The lowest BCUT2D eigenvalue weighted by Gasteiger charge is -2.19. The van der Waals surface area contributed by atoms with Gasteiger partial charge in [0.15, 0.2) is 0 Å². The van der Waals surface area contributed by atoms with E-state index in [1.54, 1.807) is 43.3 Å². The first-order valence-electron chi connectivity index (χ1n) is 10.4. The van der Waals surface area contributed by atoms with Crippen molar-refractivity contribution in [1.82, 2.24) is 19.8 Å². The maximum absolute atomic E-state index is 13.4. The van der Waals surface area contributed by atoms with Crippen LogP contribution in [0, 0.1) is 5.82 Å². The third-order valence-corrected chi connectivity index (χ3v) is 5.56. The SMILES string of the molecule is COCCCN1C(=O)c2ccc(C(=O)N[C@H](c3ccc(F)cc3)c3nccn3C)cc2C1=O. The second-order valence-electron chi connectivity index (χ2n) is 7.72. The Kier molecular flexibility index (Phi) is 6.32. The van der Waals surface area contributed by atoms with Crippen LogP contribution in [-0.2, 0) is 11.8 Å². The highest BCUT2D eigenvalue weighted by Gasteiger charge is 2.35. The normalized spacial score (nSPS) is 13.8. The van der Waals surface area contributed by atoms with Crippen LogP contribution < -0.4 is 5.32 Å². The molecule has 0 bridgehead atoms. The van der Waals surface area contributed by atoms with Gasteiger partial charge < -0.3 is 14.6 Å². The summed E-state index contributed by atoms with van der Waals surface area (Å²) in [5, 5.41) is 2.91. The van der Waals surface area contributed by atoms with E-state index in [0.717, 1.165) is 0 Å². The van der Waals surface area contributed by atoms with Crippen LogP contribution in [-0.4, -0.2) is 52.4 Å². The first-order valence-corrected chi connectivity index (χ1v) is 10.4. The fraction of sp³-hybridized carbons (Fsp3) is 0.250. The van der Waals surface area contributed by atoms with E-state index in [9.17, 15) is 18.8 Å². The number of rotatable bonds is 8. The Morgan fingerprint density at radius 1 is 1.12 bits per heavy atom. The summed E-state index contributed by atoms with van der Waals surface area (Å²) in [7, 11) is 3.35. The van der Waals surface area contributed by atoms with Crippen LogP contribution in [0.2, 0.25) is 0 Å². The summed E-state index contributed by atoms with van der Waals surface area (Å²) in [5.74, 6) is -1.09. The van der Waals surface area contributed by atoms with Crippen molar-refractivity contribution in [3.05, 3.63) is 88.8 Å². The predicted octanol–water partition coefficient (Wildman–Crippen LogP) is 2.71. The van der Waals surface area contributed by atoms with E-state index in [-0.39, 0.29) is 35.0 Å². The lowest BCUT2D eigenvalue weighted by atomic mass is 10.0. The summed E-state index contributed by atoms with van der Waals surface area (Å²) in [6, 6.07) is 9.59. The van der Waals surface area contributed by atoms with Crippen molar-refractivity contribution in [2.75, 3.05) is 20.3 Å². The molecule has 3 amide bonds. The fourth-order valence-electron chi connectivity index (χ4n) is 3.82. The molecule has 170 valence electrons. The van der Waals surface area contributed by atoms with E-state index < -0.39 is 17.9 Å². The van der Waals surface area contributed by atoms with Gasteiger partial charge in [-0.25, -0.2) is 9.37 Å². The van der Waals surface area contributed by atoms with Crippen LogP contribution in [0.25, 0.3) is 0 Å². The molecule has 8 nitrogen and oxygen atoms in total. The lowest BCUT2D eigenvalue weighted by Crippen LogP contribution is -2.31. The van der Waals surface area contributed by atoms with Gasteiger partial charge in [-0.05, 0) is 42.3 Å². The molecular formula is C24H23FN4O4. The number of ether oxygens (including phenoxy) is 1. The number of hydrogen-bond donors (Lipinski definition) is 1. The molecule has 3 aromatic rings. The first kappa shape index (κ1) is 22.3. The number of hydrogen-bond acceptors (Lipinski definition) is 5. The number of benzene rings is 2. The van der Waals surface area contributed by atoms with Gasteiger partial charge in [-0.15, -0.1) is 0 Å². The molecule has 0 fully saturated rings. The van der Waals surface area contributed by atoms with Crippen molar-refractivity contribution in [1.29, 1.82) is 0 Å². The van der Waals surface area contributed by atoms with Crippen molar-refractivity contribution in [3.8, 4) is 0 Å². The minimum Gasteiger partial charge on any atom is -0.385 e. The Morgan fingerprint density at radius 2 is 1.85 bits per heavy atom. The summed E-state index contributed by atoms with van der Waals surface area (Å²) in [6.07, 6.45) is 3.88. The molecule has 0 aliphatic carbocycles. The average Bonchev–Trinajstić information content (AvgIpc) is 3.34. The third-order valence-electron chi connectivity index (χ3n) is 5.56. The van der Waals surface area contributed by atoms with E-state index in [2.05, 4.69) is 10.3 Å². The Hall–Kier alpha value is -3.85. The predicted molar refractivity (Wildman–Crippen MR) is 117 cm³/mol. The number of halogens is 1. The van der Waals surface area contributed by atoms with E-state index in [1.165, 1.54) is 35.2 Å². The molecule has 1 N–H and O–H groups in total. The van der Waals surface area contributed by atoms with Gasteiger partial charge >= 0.3 is 0 Å². The van der Waals surface area contributed by atoms with Crippen molar-refractivity contribution in [2.24, 2.45) is 7.05 Å². The molecule has 4 rings (SSSR count). The molecule has 9 heteroatoms. The monoisotopic (exact) mass is 450 g/mol. The maximum Gasteiger partial charge on any atom is 0.261 e. The molecule has 1 aliphatic heterocycles. The quantitative estimate of drug-likeness (QED) is 0.421. The second kappa shape index (κ2) is 9.33. The van der Waals surface area contributed by atoms with E-state index in [1.807, 2.05) is 0 Å². The van der Waals surface area contributed by atoms with Gasteiger partial charge in [-0.2, -0.15) is 0 Å². The van der Waals surface area contributed by atoms with Gasteiger partial charge in [-0.3, -0.25) is 19.3 Å². The van der Waals surface area contributed by atoms with Crippen molar-refractivity contribution < 1.29 is 23.5 Å². The first-order chi connectivity index (χ1) is 15.9. The Morgan fingerprint density at radius 3 is 2.52 bits per heavy atom. The zero-order valence-corrected chi connectivity index (χ0v) is 18.2. The highest BCUT2D eigenvalue weighted by atomic mass is 19.1. The number of methoxy groups -OCH3 is 1. The lowest BCUT2D eigenvalue weighted by molar-refractivity contribution is 0.0638. The number of fused-ring (bicyclic) bond motifs is 1. The summed E-state index contributed by atoms with van der Waals surface area (Å²) in [4.78, 5) is 44.0. The second-order valence-corrected chi connectivity index (χ2v) is 7.72. The number of aryl methyl sites for hydroxylation is 1. The molecule has 2 aromatic carbocycles. The Bertz CT molecular complexity index is 1210. The van der Waals surface area contributed by atoms with Crippen LogP contribution >= 0.6 is 0 Å². The summed E-state index contributed by atoms with van der Waals surface area (Å²) in [6.45, 7) is 0.673. The van der Waals surface area contributed by atoms with E-state index >= 15 is 0 Å². The van der Waals surface area contributed by atoms with Gasteiger partial charge in [0.05, 0.1) is 11.1 Å².